The number of carbonyl (C=O) groups is 4. The maximum Gasteiger partial charge on any atom is 0.360 e. The summed E-state index contributed by atoms with van der Waals surface area (Å²) < 4.78 is 17.3. The Labute approximate surface area is 261 Å². The van der Waals surface area contributed by atoms with Crippen LogP contribution in [0.2, 0.25) is 0 Å². The number of benzene rings is 2. The van der Waals surface area contributed by atoms with Crippen LogP contribution in [0.1, 0.15) is 55.3 Å². The third-order valence-corrected chi connectivity index (χ3v) is 8.73. The Hall–Kier alpha value is -4.92. The molecule has 1 aromatic heterocycles. The van der Waals surface area contributed by atoms with Crippen molar-refractivity contribution >= 4 is 34.8 Å². The van der Waals surface area contributed by atoms with E-state index in [2.05, 4.69) is 5.16 Å². The minimum atomic E-state index is -2.10. The predicted octanol–water partition coefficient (Wildman–Crippen LogP) is 2.79. The minimum Gasteiger partial charge on any atom is -0.540 e. The van der Waals surface area contributed by atoms with Gasteiger partial charge in [0, 0.05) is 54.9 Å². The molecule has 2 aromatic carbocycles. The lowest BCUT2D eigenvalue weighted by Crippen LogP contribution is -2.67. The Morgan fingerprint density at radius 1 is 1.13 bits per heavy atom. The van der Waals surface area contributed by atoms with E-state index >= 15 is 0 Å². The second-order valence-electron chi connectivity index (χ2n) is 11.4. The molecule has 46 heavy (non-hydrogen) atoms. The van der Waals surface area contributed by atoms with Gasteiger partial charge in [-0.1, -0.05) is 36.3 Å². The van der Waals surface area contributed by atoms with E-state index in [1.807, 2.05) is 0 Å². The third-order valence-electron chi connectivity index (χ3n) is 8.73. The molecular weight excluding hydrogens is 605 g/mol. The Bertz CT molecular complexity index is 1760. The number of piperidine rings is 1. The second-order valence-corrected chi connectivity index (χ2v) is 11.4. The van der Waals surface area contributed by atoms with Gasteiger partial charge in [-0.2, -0.15) is 0 Å². The second kappa shape index (κ2) is 12.8. The Balaban J connectivity index is 1.53. The molecule has 2 atom stereocenters. The normalized spacial score (nSPS) is 22.8. The number of hydroxylamine groups is 5. The quantitative estimate of drug-likeness (QED) is 0.218. The molecule has 0 radical (unpaired) electrons. The van der Waals surface area contributed by atoms with Crippen molar-refractivity contribution in [2.45, 2.75) is 50.5 Å². The van der Waals surface area contributed by atoms with Gasteiger partial charge in [0.05, 0.1) is 11.8 Å². The smallest absolute Gasteiger partial charge is 0.360 e. The standard InChI is InChI=1S/C32H32FN3O10/c1-2-12-32(23-6-4-3-5-19(23)11-15-36(32,44)25(30(41)42)18-28(39)40)24(17-27(37)38)31(43)46-35-13-9-20(10-14-35)29-22-8-7-21(33)16-26(22)45-34-29/h3-8,16-18,20,44H,2,9-15H2,1H3,(H2-,37,38,39,40,41,42)/b24-17+,25-18+. The van der Waals surface area contributed by atoms with E-state index in [1.165, 1.54) is 17.2 Å². The Morgan fingerprint density at radius 3 is 2.48 bits per heavy atom. The zero-order valence-electron chi connectivity index (χ0n) is 24.8. The number of carbonyl (C=O) groups excluding carboxylic acids is 2. The van der Waals surface area contributed by atoms with Crippen LogP contribution in [-0.4, -0.2) is 73.8 Å². The lowest BCUT2D eigenvalue weighted by Gasteiger charge is -2.51. The summed E-state index contributed by atoms with van der Waals surface area (Å²) in [6, 6.07) is 10.7. The van der Waals surface area contributed by atoms with Gasteiger partial charge in [0.2, 0.25) is 0 Å². The molecule has 1 fully saturated rings. The highest BCUT2D eigenvalue weighted by Gasteiger charge is 2.63. The van der Waals surface area contributed by atoms with Gasteiger partial charge < -0.3 is 29.5 Å². The SMILES string of the molecule is CCCC1(/C(=C/C(=O)O)C(=O)ON2CCC(c3noc4cc(F)ccc34)CC2)c2ccccc2CC[N+]1(O)/C(=C/C(=O)O)C(=O)[O-]. The monoisotopic (exact) mass is 637 g/mol. The molecule has 3 heterocycles. The van der Waals surface area contributed by atoms with Crippen molar-refractivity contribution < 1.29 is 58.1 Å². The van der Waals surface area contributed by atoms with E-state index in [0.717, 1.165) is 0 Å². The summed E-state index contributed by atoms with van der Waals surface area (Å²) in [5, 5.41) is 50.3. The van der Waals surface area contributed by atoms with Crippen LogP contribution >= 0.6 is 0 Å². The number of fused-ring (bicyclic) bond motifs is 2. The number of carboxylic acid groups (broad SMARTS) is 3. The maximum atomic E-state index is 14.1. The minimum absolute atomic E-state index is 0.0780. The first-order valence-electron chi connectivity index (χ1n) is 14.7. The van der Waals surface area contributed by atoms with Crippen LogP contribution in [0.25, 0.3) is 11.0 Å². The van der Waals surface area contributed by atoms with Crippen molar-refractivity contribution in [3.8, 4) is 0 Å². The molecule has 13 nitrogen and oxygen atoms in total. The van der Waals surface area contributed by atoms with E-state index in [1.54, 1.807) is 37.3 Å². The fourth-order valence-corrected chi connectivity index (χ4v) is 6.82. The van der Waals surface area contributed by atoms with Gasteiger partial charge in [0.1, 0.15) is 23.9 Å². The molecule has 0 bridgehead atoms. The first kappa shape index (κ1) is 32.5. The van der Waals surface area contributed by atoms with Crippen molar-refractivity contribution in [2.75, 3.05) is 19.6 Å². The fraction of sp³-hybridized carbons (Fsp3) is 0.344. The van der Waals surface area contributed by atoms with Gasteiger partial charge in [-0.3, -0.25) is 0 Å². The van der Waals surface area contributed by atoms with Gasteiger partial charge >= 0.3 is 17.9 Å². The molecule has 0 spiro atoms. The zero-order valence-corrected chi connectivity index (χ0v) is 24.8. The number of aliphatic carboxylic acids is 3. The first-order chi connectivity index (χ1) is 21.9. The van der Waals surface area contributed by atoms with Crippen molar-refractivity contribution in [3.63, 3.8) is 0 Å². The van der Waals surface area contributed by atoms with Gasteiger partial charge in [0.15, 0.2) is 16.8 Å². The largest absolute Gasteiger partial charge is 0.540 e. The van der Waals surface area contributed by atoms with E-state index in [0.29, 0.717) is 47.2 Å². The number of aromatic nitrogens is 1. The summed E-state index contributed by atoms with van der Waals surface area (Å²) in [6.07, 6.45) is 1.89. The highest BCUT2D eigenvalue weighted by Crippen LogP contribution is 2.51. The molecule has 3 aromatic rings. The van der Waals surface area contributed by atoms with E-state index in [-0.39, 0.29) is 43.8 Å². The first-order valence-corrected chi connectivity index (χ1v) is 14.7. The lowest BCUT2D eigenvalue weighted by atomic mass is 9.71. The number of rotatable bonds is 10. The molecular formula is C32H32FN3O10. The van der Waals surface area contributed by atoms with Crippen LogP contribution in [0.15, 0.2) is 70.4 Å². The predicted molar refractivity (Wildman–Crippen MR) is 154 cm³/mol. The van der Waals surface area contributed by atoms with Crippen molar-refractivity contribution in [1.29, 1.82) is 0 Å². The van der Waals surface area contributed by atoms with E-state index in [9.17, 15) is 44.1 Å². The van der Waals surface area contributed by atoms with Gasteiger partial charge in [0.25, 0.3) is 0 Å². The molecule has 242 valence electrons. The van der Waals surface area contributed by atoms with Gasteiger partial charge in [-0.15, -0.1) is 9.71 Å². The zero-order chi connectivity index (χ0) is 33.2. The van der Waals surface area contributed by atoms with Crippen LogP contribution in [-0.2, 0) is 36.0 Å². The fourth-order valence-electron chi connectivity index (χ4n) is 6.82. The lowest BCUT2D eigenvalue weighted by molar-refractivity contribution is -1.11. The molecule has 14 heteroatoms. The summed E-state index contributed by atoms with van der Waals surface area (Å²) in [5.74, 6) is -6.98. The number of quaternary nitrogens is 1. The molecule has 5 rings (SSSR count). The molecule has 1 saturated heterocycles. The van der Waals surface area contributed by atoms with Crippen LogP contribution in [0.4, 0.5) is 4.39 Å². The number of carboxylic acids is 3. The molecule has 0 amide bonds. The molecule has 2 aliphatic heterocycles. The van der Waals surface area contributed by atoms with Crippen LogP contribution < -0.4 is 5.11 Å². The summed E-state index contributed by atoms with van der Waals surface area (Å²) >= 11 is 0. The van der Waals surface area contributed by atoms with Crippen LogP contribution in [0.5, 0.6) is 0 Å². The van der Waals surface area contributed by atoms with Crippen molar-refractivity contribution in [2.24, 2.45) is 0 Å². The Morgan fingerprint density at radius 2 is 1.83 bits per heavy atom. The number of nitrogens with zero attached hydrogens (tertiary/aromatic N) is 3. The number of hydrogen-bond acceptors (Lipinski definition) is 10. The Kier molecular flexibility index (Phi) is 9.06. The van der Waals surface area contributed by atoms with Gasteiger partial charge in [-0.25, -0.2) is 24.0 Å². The van der Waals surface area contributed by atoms with Crippen LogP contribution in [0.3, 0.4) is 0 Å². The maximum absolute atomic E-state index is 14.1. The summed E-state index contributed by atoms with van der Waals surface area (Å²) in [6.45, 7) is 1.69. The average molecular weight is 638 g/mol. The highest BCUT2D eigenvalue weighted by atomic mass is 19.1. The molecule has 3 N–H and O–H groups in total. The van der Waals surface area contributed by atoms with E-state index in [4.69, 9.17) is 9.36 Å². The molecule has 2 aliphatic rings. The van der Waals surface area contributed by atoms with Crippen molar-refractivity contribution in [3.05, 3.63) is 88.5 Å². The third kappa shape index (κ3) is 5.77. The number of hydrogen-bond donors (Lipinski definition) is 3. The summed E-state index contributed by atoms with van der Waals surface area (Å²) in [5.41, 5.74) is -1.93. The van der Waals surface area contributed by atoms with Crippen LogP contribution in [0, 0.1) is 5.82 Å². The molecule has 2 unspecified atom stereocenters. The van der Waals surface area contributed by atoms with Gasteiger partial charge in [-0.05, 0) is 37.0 Å². The molecule has 0 saturated carbocycles. The van der Waals surface area contributed by atoms with Crippen molar-refractivity contribution in [1.82, 2.24) is 10.2 Å². The summed E-state index contributed by atoms with van der Waals surface area (Å²) in [4.78, 5) is 56.2. The number of halogens is 1. The summed E-state index contributed by atoms with van der Waals surface area (Å²) in [7, 11) is 0. The molecule has 0 aliphatic carbocycles. The topological polar surface area (TPSA) is 191 Å². The average Bonchev–Trinajstić information content (AvgIpc) is 3.43. The highest BCUT2D eigenvalue weighted by molar-refractivity contribution is 5.98. The van der Waals surface area contributed by atoms with E-state index < -0.39 is 57.7 Å².